The maximum Gasteiger partial charge on any atom is 0.159 e. The molecule has 0 amide bonds. The molecule has 2 aliphatic heterocycles. The lowest BCUT2D eigenvalue weighted by Gasteiger charge is -2.58. The van der Waals surface area contributed by atoms with E-state index in [0.717, 1.165) is 59.0 Å². The molecule has 226 valence electrons. The summed E-state index contributed by atoms with van der Waals surface area (Å²) in [4.78, 5) is 7.82. The number of piperazine rings is 1. The maximum atomic E-state index is 7.30. The van der Waals surface area contributed by atoms with Crippen molar-refractivity contribution in [1.29, 1.82) is 0 Å². The number of likely N-dealkylation sites (tertiary alicyclic amines) is 1. The van der Waals surface area contributed by atoms with E-state index in [-0.39, 0.29) is 5.54 Å². The molecule has 43 heavy (non-hydrogen) atoms. The lowest BCUT2D eigenvalue weighted by molar-refractivity contribution is -0.0790. The smallest absolute Gasteiger partial charge is 0.159 e. The summed E-state index contributed by atoms with van der Waals surface area (Å²) in [5, 5.41) is 12.4. The molecule has 4 aromatic rings. The van der Waals surface area contributed by atoms with Gasteiger partial charge in [0.15, 0.2) is 5.82 Å². The highest BCUT2D eigenvalue weighted by Crippen LogP contribution is 2.56. The van der Waals surface area contributed by atoms with Crippen LogP contribution in [0.15, 0.2) is 42.6 Å². The van der Waals surface area contributed by atoms with Crippen LogP contribution in [0.2, 0.25) is 5.02 Å². The van der Waals surface area contributed by atoms with E-state index in [1.165, 1.54) is 62.0 Å². The molecule has 10 heteroatoms. The predicted molar refractivity (Wildman–Crippen MR) is 187 cm³/mol. The quantitative estimate of drug-likeness (QED) is 0.152. The van der Waals surface area contributed by atoms with Gasteiger partial charge in [-0.15, -0.1) is 0 Å². The van der Waals surface area contributed by atoms with Gasteiger partial charge in [0, 0.05) is 61.5 Å². The van der Waals surface area contributed by atoms with Gasteiger partial charge >= 0.3 is 0 Å². The van der Waals surface area contributed by atoms with Crippen LogP contribution in [0.1, 0.15) is 55.0 Å². The van der Waals surface area contributed by atoms with E-state index in [1.807, 2.05) is 6.20 Å². The van der Waals surface area contributed by atoms with Crippen LogP contribution in [0.3, 0.4) is 0 Å². The standard InChI is InChI=1S/C33H40ClIN7P/c1-22-14-27-26(17-36-42(27)43-35)29(30(22)34)28-23(2)41(25-15-32(16-25)19-38(3)20-32)37-31(28)40-13-12-39(21-33(40)10-7-11-33)18-24-8-5-4-6-9-24/h4-6,8-9,14,17,25,43H,7,10-13,15-16,18-21H2,1-3H3. The summed E-state index contributed by atoms with van der Waals surface area (Å²) >= 11 is 9.72. The summed E-state index contributed by atoms with van der Waals surface area (Å²) < 4.78 is 4.51. The molecule has 2 aromatic heterocycles. The number of nitrogens with zero attached hydrogens (tertiary/aromatic N) is 7. The van der Waals surface area contributed by atoms with Crippen molar-refractivity contribution in [2.45, 2.75) is 64.1 Å². The normalized spacial score (nSPS) is 22.1. The van der Waals surface area contributed by atoms with Crippen LogP contribution < -0.4 is 4.90 Å². The number of aryl methyl sites for hydroxylation is 1. The van der Waals surface area contributed by atoms with E-state index < -0.39 is 0 Å². The number of halogens is 2. The molecule has 2 aliphatic carbocycles. The van der Waals surface area contributed by atoms with E-state index in [1.54, 1.807) is 0 Å². The summed E-state index contributed by atoms with van der Waals surface area (Å²) in [6, 6.07) is 13.6. The Morgan fingerprint density at radius 2 is 1.81 bits per heavy atom. The lowest BCUT2D eigenvalue weighted by Crippen LogP contribution is -2.66. The fourth-order valence-corrected chi connectivity index (χ4v) is 10.6. The van der Waals surface area contributed by atoms with Crippen LogP contribution in [0, 0.1) is 19.3 Å². The third-order valence-electron chi connectivity index (χ3n) is 10.9. The molecule has 1 atom stereocenters. The van der Waals surface area contributed by atoms with Crippen molar-refractivity contribution in [2.75, 3.05) is 44.7 Å². The Morgan fingerprint density at radius 1 is 1.05 bits per heavy atom. The third-order valence-corrected chi connectivity index (χ3v) is 13.2. The second kappa shape index (κ2) is 10.7. The molecule has 1 unspecified atom stereocenters. The predicted octanol–water partition coefficient (Wildman–Crippen LogP) is 7.47. The van der Waals surface area contributed by atoms with Gasteiger partial charge in [0.25, 0.3) is 0 Å². The van der Waals surface area contributed by atoms with Gasteiger partial charge < -0.3 is 9.80 Å². The van der Waals surface area contributed by atoms with Crippen LogP contribution in [-0.2, 0) is 6.54 Å². The fraction of sp³-hybridized carbons (Fsp3) is 0.515. The first-order valence-electron chi connectivity index (χ1n) is 15.7. The summed E-state index contributed by atoms with van der Waals surface area (Å²) in [6.45, 7) is 11.0. The average molecular weight is 728 g/mol. The summed E-state index contributed by atoms with van der Waals surface area (Å²) in [7, 11) is 2.24. The molecule has 8 rings (SSSR count). The highest BCUT2D eigenvalue weighted by atomic mass is 127. The van der Waals surface area contributed by atoms with E-state index in [9.17, 15) is 0 Å². The number of rotatable bonds is 6. The van der Waals surface area contributed by atoms with Gasteiger partial charge in [-0.3, -0.25) is 9.58 Å². The number of anilines is 1. The molecule has 0 bridgehead atoms. The average Bonchev–Trinajstić information content (AvgIpc) is 3.50. The van der Waals surface area contributed by atoms with Crippen LogP contribution in [0.25, 0.3) is 22.0 Å². The largest absolute Gasteiger partial charge is 0.346 e. The molecule has 7 nitrogen and oxygen atoms in total. The van der Waals surface area contributed by atoms with Crippen molar-refractivity contribution in [1.82, 2.24) is 29.1 Å². The molecule has 2 aromatic carbocycles. The molecule has 4 fully saturated rings. The molecule has 0 radical (unpaired) electrons. The summed E-state index contributed by atoms with van der Waals surface area (Å²) in [5.41, 5.74) is 7.87. The Balaban J connectivity index is 1.23. The zero-order valence-corrected chi connectivity index (χ0v) is 29.2. The first-order chi connectivity index (χ1) is 20.8. The Hall–Kier alpha value is -1.71. The van der Waals surface area contributed by atoms with E-state index in [2.05, 4.69) is 103 Å². The van der Waals surface area contributed by atoms with Crippen molar-refractivity contribution in [3.8, 4) is 11.1 Å². The minimum atomic E-state index is 0.119. The third kappa shape index (κ3) is 4.60. The topological polar surface area (TPSA) is 45.4 Å². The first-order valence-corrected chi connectivity index (χ1v) is 20.1. The van der Waals surface area contributed by atoms with Gasteiger partial charge in [0.05, 0.1) is 34.7 Å². The first kappa shape index (κ1) is 28.7. The molecular weight excluding hydrogens is 688 g/mol. The number of hydrogen-bond donors (Lipinski definition) is 0. The second-order valence-electron chi connectivity index (χ2n) is 13.8. The van der Waals surface area contributed by atoms with Gasteiger partial charge in [-0.05, 0) is 97.6 Å². The van der Waals surface area contributed by atoms with Crippen LogP contribution in [-0.4, -0.2) is 74.4 Å². The van der Waals surface area contributed by atoms with Crippen LogP contribution in [0.4, 0.5) is 5.82 Å². The SMILES string of the molecule is Cc1cc2c(cnn2PI)c(-c2c(N3CCN(Cc4ccccc4)CC34CCC4)nn(C3CC4(C3)CN(C)C4)c2C)c1Cl. The zero-order chi connectivity index (χ0) is 29.5. The summed E-state index contributed by atoms with van der Waals surface area (Å²) in [5.74, 6) is 1.14. The minimum absolute atomic E-state index is 0.119. The molecule has 2 saturated carbocycles. The second-order valence-corrected chi connectivity index (χ2v) is 16.3. The highest BCUT2D eigenvalue weighted by Gasteiger charge is 2.53. The van der Waals surface area contributed by atoms with Crippen molar-refractivity contribution in [3.05, 3.63) is 64.4 Å². The van der Waals surface area contributed by atoms with Gasteiger partial charge in [0.2, 0.25) is 0 Å². The van der Waals surface area contributed by atoms with Crippen molar-refractivity contribution in [2.24, 2.45) is 5.41 Å². The molecule has 4 aliphatic rings. The minimum Gasteiger partial charge on any atom is -0.346 e. The Kier molecular flexibility index (Phi) is 7.14. The summed E-state index contributed by atoms with van der Waals surface area (Å²) in [6.07, 6.45) is 8.72. The fourth-order valence-electron chi connectivity index (χ4n) is 8.77. The molecule has 2 spiro atoms. The zero-order valence-electron chi connectivity index (χ0n) is 25.3. The Morgan fingerprint density at radius 3 is 2.49 bits per heavy atom. The van der Waals surface area contributed by atoms with Gasteiger partial charge in [-0.25, -0.2) is 4.45 Å². The van der Waals surface area contributed by atoms with Gasteiger partial charge in [-0.1, -0.05) is 41.9 Å². The molecular formula is C33H40ClIN7P. The van der Waals surface area contributed by atoms with Crippen LogP contribution in [0.5, 0.6) is 0 Å². The Labute approximate surface area is 274 Å². The molecule has 2 saturated heterocycles. The number of benzene rings is 2. The van der Waals surface area contributed by atoms with Gasteiger partial charge in [0.1, 0.15) is 0 Å². The maximum absolute atomic E-state index is 7.30. The highest BCUT2D eigenvalue weighted by molar-refractivity contribution is 14.2. The van der Waals surface area contributed by atoms with Gasteiger partial charge in [-0.2, -0.15) is 10.2 Å². The number of fused-ring (bicyclic) bond motifs is 1. The number of hydrogen-bond acceptors (Lipinski definition) is 5. The van der Waals surface area contributed by atoms with Crippen molar-refractivity contribution >= 4 is 56.7 Å². The molecule has 0 N–H and O–H groups in total. The van der Waals surface area contributed by atoms with E-state index in [4.69, 9.17) is 21.8 Å². The monoisotopic (exact) mass is 727 g/mol. The van der Waals surface area contributed by atoms with E-state index >= 15 is 0 Å². The lowest BCUT2D eigenvalue weighted by atomic mass is 9.61. The van der Waals surface area contributed by atoms with Crippen LogP contribution >= 0.6 is 40.0 Å². The molecule has 4 heterocycles. The number of aromatic nitrogens is 4. The van der Waals surface area contributed by atoms with Crippen molar-refractivity contribution < 1.29 is 0 Å². The van der Waals surface area contributed by atoms with E-state index in [0.29, 0.717) is 17.8 Å². The van der Waals surface area contributed by atoms with Crippen molar-refractivity contribution in [3.63, 3.8) is 0 Å². The Bertz CT molecular complexity index is 1680.